The van der Waals surface area contributed by atoms with Gasteiger partial charge in [0.25, 0.3) is 5.91 Å². The van der Waals surface area contributed by atoms with Crippen LogP contribution in [0.25, 0.3) is 18.2 Å². The van der Waals surface area contributed by atoms with Gasteiger partial charge in [-0.05, 0) is 36.4 Å². The van der Waals surface area contributed by atoms with Gasteiger partial charge >= 0.3 is 0 Å². The van der Waals surface area contributed by atoms with Crippen molar-refractivity contribution in [3.05, 3.63) is 75.9 Å². The van der Waals surface area contributed by atoms with Crippen molar-refractivity contribution in [2.75, 3.05) is 14.1 Å². The molecule has 26 heavy (non-hydrogen) atoms. The molecule has 2 aromatic rings. The largest absolute Gasteiger partial charge is 0.456 e. The topological polar surface area (TPSA) is 71.3 Å². The highest BCUT2D eigenvalue weighted by Crippen LogP contribution is 2.17. The first kappa shape index (κ1) is 16.1. The summed E-state index contributed by atoms with van der Waals surface area (Å²) in [5.74, 6) is -0.274. The summed E-state index contributed by atoms with van der Waals surface area (Å²) in [6.07, 6.45) is 15.3. The maximum absolute atomic E-state index is 12.4. The Balaban J connectivity index is 1.68. The number of rotatable bonds is 3. The van der Waals surface area contributed by atoms with Crippen molar-refractivity contribution >= 4 is 24.1 Å². The molecular formula is C20H18N4O2. The molecule has 2 aliphatic rings. The van der Waals surface area contributed by atoms with Crippen molar-refractivity contribution in [1.29, 1.82) is 0 Å². The number of hydrogen-bond acceptors (Lipinski definition) is 5. The molecule has 0 fully saturated rings. The Morgan fingerprint density at radius 2 is 2.12 bits per heavy atom. The van der Waals surface area contributed by atoms with Crippen molar-refractivity contribution in [2.45, 2.75) is 6.42 Å². The number of amides is 1. The Morgan fingerprint density at radius 1 is 1.23 bits per heavy atom. The predicted octanol–water partition coefficient (Wildman–Crippen LogP) is 0.973. The van der Waals surface area contributed by atoms with Crippen LogP contribution in [-0.2, 0) is 6.42 Å². The van der Waals surface area contributed by atoms with Crippen LogP contribution in [0.3, 0.4) is 0 Å². The number of nitrogens with zero attached hydrogens (tertiary/aromatic N) is 3. The number of likely N-dealkylation sites (N-methyl/N-ethyl adjacent to an activating group) is 1. The van der Waals surface area contributed by atoms with Crippen molar-refractivity contribution in [3.8, 4) is 0 Å². The van der Waals surface area contributed by atoms with E-state index in [1.54, 1.807) is 12.3 Å². The van der Waals surface area contributed by atoms with Crippen LogP contribution < -0.4 is 16.1 Å². The van der Waals surface area contributed by atoms with Crippen LogP contribution >= 0.6 is 0 Å². The van der Waals surface area contributed by atoms with E-state index in [1.807, 2.05) is 44.5 Å². The number of fused-ring (bicyclic) bond motifs is 3. The zero-order valence-corrected chi connectivity index (χ0v) is 14.6. The molecule has 0 saturated heterocycles. The third kappa shape index (κ3) is 2.97. The summed E-state index contributed by atoms with van der Waals surface area (Å²) in [5, 5.41) is 2.89. The van der Waals surface area contributed by atoms with E-state index in [2.05, 4.69) is 26.3 Å². The Hall–Kier alpha value is -3.41. The number of hydrogen-bond donors (Lipinski definition) is 1. The monoisotopic (exact) mass is 346 g/mol. The minimum absolute atomic E-state index is 0.274. The van der Waals surface area contributed by atoms with Gasteiger partial charge in [0, 0.05) is 49.2 Å². The standard InChI is InChI=1S/C20H18N4O2/c1-24(2)14-6-7-19-16(11-14)15-10-13(4-3-5-18(15)26-19)23-20(25)17-8-9-21-12-22-17/h3-10,12H,11H2,1-2H3,(H,23,25). The van der Waals surface area contributed by atoms with Crippen molar-refractivity contribution in [2.24, 2.45) is 0 Å². The molecule has 0 bridgehead atoms. The van der Waals surface area contributed by atoms with E-state index >= 15 is 0 Å². The number of carbonyl (C=O) groups excluding carboxylic acids is 1. The number of nitrogens with one attached hydrogen (secondary N) is 1. The van der Waals surface area contributed by atoms with Crippen LogP contribution in [0.1, 0.15) is 21.6 Å². The number of aromatic nitrogens is 2. The number of furan rings is 1. The zero-order valence-electron chi connectivity index (χ0n) is 14.6. The van der Waals surface area contributed by atoms with Crippen LogP contribution in [-0.4, -0.2) is 34.9 Å². The fourth-order valence-corrected chi connectivity index (χ4v) is 2.98. The highest BCUT2D eigenvalue weighted by Gasteiger charge is 2.17. The van der Waals surface area contributed by atoms with Gasteiger partial charge in [0.05, 0.1) is 0 Å². The third-order valence-electron chi connectivity index (χ3n) is 4.36. The quantitative estimate of drug-likeness (QED) is 0.897. The maximum atomic E-state index is 12.4. The minimum Gasteiger partial charge on any atom is -0.456 e. The fraction of sp³-hybridized carbons (Fsp3) is 0.150. The van der Waals surface area contributed by atoms with Gasteiger partial charge in [-0.25, -0.2) is 9.97 Å². The van der Waals surface area contributed by atoms with Gasteiger partial charge in [-0.15, -0.1) is 0 Å². The van der Waals surface area contributed by atoms with Crippen LogP contribution in [0, 0.1) is 0 Å². The van der Waals surface area contributed by atoms with E-state index in [9.17, 15) is 4.79 Å². The van der Waals surface area contributed by atoms with E-state index in [0.29, 0.717) is 11.4 Å². The third-order valence-corrected chi connectivity index (χ3v) is 4.36. The maximum Gasteiger partial charge on any atom is 0.274 e. The van der Waals surface area contributed by atoms with E-state index < -0.39 is 0 Å². The first-order valence-electron chi connectivity index (χ1n) is 8.29. The summed E-state index contributed by atoms with van der Waals surface area (Å²) in [6.45, 7) is 0. The number of carbonyl (C=O) groups is 1. The second kappa shape index (κ2) is 6.48. The van der Waals surface area contributed by atoms with Gasteiger partial charge in [-0.1, -0.05) is 6.08 Å². The Kier molecular flexibility index (Phi) is 4.01. The van der Waals surface area contributed by atoms with Gasteiger partial charge in [-0.3, -0.25) is 4.79 Å². The molecule has 4 rings (SSSR count). The van der Waals surface area contributed by atoms with Crippen LogP contribution in [0.5, 0.6) is 0 Å². The molecule has 130 valence electrons. The first-order valence-corrected chi connectivity index (χ1v) is 8.29. The van der Waals surface area contributed by atoms with Crippen molar-refractivity contribution < 1.29 is 9.21 Å². The lowest BCUT2D eigenvalue weighted by Gasteiger charge is -2.18. The van der Waals surface area contributed by atoms with Crippen LogP contribution in [0.4, 0.5) is 0 Å². The van der Waals surface area contributed by atoms with Gasteiger partial charge in [0.2, 0.25) is 0 Å². The molecule has 0 radical (unpaired) electrons. The van der Waals surface area contributed by atoms with E-state index in [1.165, 1.54) is 12.0 Å². The molecule has 6 heteroatoms. The average molecular weight is 346 g/mol. The highest BCUT2D eigenvalue weighted by atomic mass is 16.3. The summed E-state index contributed by atoms with van der Waals surface area (Å²) in [5.41, 5.74) is 5.99. The fourth-order valence-electron chi connectivity index (χ4n) is 2.98. The van der Waals surface area contributed by atoms with Gasteiger partial charge in [0.15, 0.2) is 0 Å². The van der Waals surface area contributed by atoms with Crippen molar-refractivity contribution in [1.82, 2.24) is 20.2 Å². The summed E-state index contributed by atoms with van der Waals surface area (Å²) in [4.78, 5) is 22.3. The summed E-state index contributed by atoms with van der Waals surface area (Å²) < 4.78 is 5.97. The molecule has 0 atom stereocenters. The van der Waals surface area contributed by atoms with E-state index in [4.69, 9.17) is 4.42 Å². The molecule has 0 spiro atoms. The molecule has 2 aliphatic carbocycles. The smallest absolute Gasteiger partial charge is 0.274 e. The molecule has 0 aliphatic heterocycles. The Morgan fingerprint density at radius 3 is 2.88 bits per heavy atom. The highest BCUT2D eigenvalue weighted by molar-refractivity contribution is 5.94. The minimum atomic E-state index is -0.274. The molecular weight excluding hydrogens is 328 g/mol. The summed E-state index contributed by atoms with van der Waals surface area (Å²) in [6, 6.07) is 1.58. The lowest BCUT2D eigenvalue weighted by molar-refractivity contribution is 0.0962. The van der Waals surface area contributed by atoms with E-state index in [0.717, 1.165) is 28.4 Å². The van der Waals surface area contributed by atoms with E-state index in [-0.39, 0.29) is 5.91 Å². The molecule has 0 unspecified atom stereocenters. The Labute approximate surface area is 150 Å². The average Bonchev–Trinajstić information content (AvgIpc) is 2.86. The summed E-state index contributed by atoms with van der Waals surface area (Å²) in [7, 11) is 4.06. The lowest BCUT2D eigenvalue weighted by atomic mass is 10.0. The molecule has 1 amide bonds. The van der Waals surface area contributed by atoms with Crippen molar-refractivity contribution in [3.63, 3.8) is 0 Å². The molecule has 2 heterocycles. The normalized spacial score (nSPS) is 14.7. The molecule has 0 saturated carbocycles. The second-order valence-electron chi connectivity index (χ2n) is 6.29. The van der Waals surface area contributed by atoms with Gasteiger partial charge < -0.3 is 14.6 Å². The summed E-state index contributed by atoms with van der Waals surface area (Å²) >= 11 is 0. The predicted molar refractivity (Wildman–Crippen MR) is 99.0 cm³/mol. The molecule has 6 nitrogen and oxygen atoms in total. The van der Waals surface area contributed by atoms with Gasteiger partial charge in [-0.2, -0.15) is 0 Å². The lowest BCUT2D eigenvalue weighted by Crippen LogP contribution is -2.23. The van der Waals surface area contributed by atoms with Crippen LogP contribution in [0.2, 0.25) is 0 Å². The zero-order chi connectivity index (χ0) is 18.1. The first-order chi connectivity index (χ1) is 12.6. The van der Waals surface area contributed by atoms with Gasteiger partial charge in [0.1, 0.15) is 22.9 Å². The molecule has 0 aromatic carbocycles. The second-order valence-corrected chi connectivity index (χ2v) is 6.29. The SMILES string of the molecule is CN(C)C1=CC=c2oc3c(c2C1)C=C(NC(=O)c1ccncn1)C=CC=3. The van der Waals surface area contributed by atoms with Crippen LogP contribution in [0.15, 0.2) is 52.6 Å². The number of allylic oxidation sites excluding steroid dienone is 4. The molecule has 1 N–H and O–H groups in total. The molecule has 2 aromatic heterocycles. The Bertz CT molecular complexity index is 1070.